The molecule has 1 amide bonds. The third-order valence-corrected chi connectivity index (χ3v) is 4.12. The van der Waals surface area contributed by atoms with E-state index in [4.69, 9.17) is 0 Å². The van der Waals surface area contributed by atoms with E-state index < -0.39 is 16.1 Å². The fourth-order valence-electron chi connectivity index (χ4n) is 1.63. The van der Waals surface area contributed by atoms with Crippen molar-refractivity contribution in [2.45, 2.75) is 24.8 Å². The molecule has 10 heteroatoms. The lowest BCUT2D eigenvalue weighted by atomic mass is 10.3. The van der Waals surface area contributed by atoms with Crippen molar-refractivity contribution in [3.05, 3.63) is 30.1 Å². The van der Waals surface area contributed by atoms with Crippen molar-refractivity contribution in [3.8, 4) is 0 Å². The van der Waals surface area contributed by atoms with E-state index in [-0.39, 0.29) is 16.6 Å². The largest absolute Gasteiger partial charge is 0.326 e. The summed E-state index contributed by atoms with van der Waals surface area (Å²) in [6.07, 6.45) is 0. The van der Waals surface area contributed by atoms with Gasteiger partial charge in [0.2, 0.25) is 15.9 Å². The van der Waals surface area contributed by atoms with Gasteiger partial charge in [-0.2, -0.15) is 5.21 Å². The number of hydrogen-bond donors (Lipinski definition) is 3. The number of aromatic amines is 1. The molecule has 3 N–H and O–H groups in total. The van der Waals surface area contributed by atoms with Crippen LogP contribution in [0.3, 0.4) is 0 Å². The molecular formula is C11H14N6O3S. The standard InChI is InChI=1S/C11H14N6O3S/c1-7(11-13-16-17-14-11)15-21(19,20)10-5-3-9(4-6-10)12-8(2)18/h3-7,15H,1-2H3,(H,12,18)(H,13,14,16,17). The molecule has 0 saturated heterocycles. The van der Waals surface area contributed by atoms with Gasteiger partial charge in [-0.15, -0.1) is 10.2 Å². The zero-order chi connectivity index (χ0) is 15.5. The fourth-order valence-corrected chi connectivity index (χ4v) is 2.83. The zero-order valence-corrected chi connectivity index (χ0v) is 12.2. The molecule has 1 heterocycles. The monoisotopic (exact) mass is 310 g/mol. The maximum atomic E-state index is 12.2. The van der Waals surface area contributed by atoms with E-state index in [0.29, 0.717) is 5.69 Å². The van der Waals surface area contributed by atoms with Crippen molar-refractivity contribution in [2.24, 2.45) is 0 Å². The second-order valence-corrected chi connectivity index (χ2v) is 6.03. The summed E-state index contributed by atoms with van der Waals surface area (Å²) in [6.45, 7) is 2.98. The molecule has 1 aromatic carbocycles. The number of H-pyrrole nitrogens is 1. The minimum absolute atomic E-state index is 0.0759. The van der Waals surface area contributed by atoms with Crippen molar-refractivity contribution in [1.29, 1.82) is 0 Å². The number of rotatable bonds is 5. The molecule has 0 radical (unpaired) electrons. The van der Waals surface area contributed by atoms with Crippen LogP contribution in [-0.2, 0) is 14.8 Å². The molecule has 0 saturated carbocycles. The van der Waals surface area contributed by atoms with Crippen LogP contribution in [0.5, 0.6) is 0 Å². The minimum Gasteiger partial charge on any atom is -0.326 e. The first-order chi connectivity index (χ1) is 9.88. The molecule has 0 spiro atoms. The number of aromatic nitrogens is 4. The Morgan fingerprint density at radius 3 is 2.48 bits per heavy atom. The Kier molecular flexibility index (Phi) is 4.29. The second kappa shape index (κ2) is 5.97. The molecule has 0 aliphatic rings. The molecule has 0 fully saturated rings. The molecule has 0 aliphatic carbocycles. The molecule has 112 valence electrons. The molecule has 9 nitrogen and oxygen atoms in total. The normalized spacial score (nSPS) is 12.9. The highest BCUT2D eigenvalue weighted by atomic mass is 32.2. The lowest BCUT2D eigenvalue weighted by Gasteiger charge is -2.11. The van der Waals surface area contributed by atoms with Gasteiger partial charge in [-0.05, 0) is 31.2 Å². The van der Waals surface area contributed by atoms with Gasteiger partial charge in [-0.1, -0.05) is 5.21 Å². The van der Waals surface area contributed by atoms with Crippen LogP contribution in [0.4, 0.5) is 5.69 Å². The van der Waals surface area contributed by atoms with Crippen LogP contribution >= 0.6 is 0 Å². The average molecular weight is 310 g/mol. The minimum atomic E-state index is -3.72. The fraction of sp³-hybridized carbons (Fsp3) is 0.273. The van der Waals surface area contributed by atoms with Crippen molar-refractivity contribution in [2.75, 3.05) is 5.32 Å². The van der Waals surface area contributed by atoms with E-state index >= 15 is 0 Å². The van der Waals surface area contributed by atoms with E-state index in [9.17, 15) is 13.2 Å². The number of nitrogens with zero attached hydrogens (tertiary/aromatic N) is 3. The Labute approximate surface area is 121 Å². The molecule has 1 unspecified atom stereocenters. The van der Waals surface area contributed by atoms with Crippen molar-refractivity contribution >= 4 is 21.6 Å². The summed E-state index contributed by atoms with van der Waals surface area (Å²) in [4.78, 5) is 11.0. The summed E-state index contributed by atoms with van der Waals surface area (Å²) in [5, 5.41) is 15.6. The highest BCUT2D eigenvalue weighted by Crippen LogP contribution is 2.16. The van der Waals surface area contributed by atoms with E-state index in [1.54, 1.807) is 6.92 Å². The zero-order valence-electron chi connectivity index (χ0n) is 11.4. The Balaban J connectivity index is 2.14. The van der Waals surface area contributed by atoms with E-state index in [1.165, 1.54) is 31.2 Å². The Morgan fingerprint density at radius 2 is 1.95 bits per heavy atom. The van der Waals surface area contributed by atoms with Gasteiger partial charge in [0.1, 0.15) is 0 Å². The predicted octanol–water partition coefficient (Wildman–Crippen LogP) is 0.198. The van der Waals surface area contributed by atoms with Crippen LogP contribution in [0, 0.1) is 0 Å². The number of anilines is 1. The number of tetrazole rings is 1. The van der Waals surface area contributed by atoms with Crippen LogP contribution < -0.4 is 10.0 Å². The molecule has 0 bridgehead atoms. The van der Waals surface area contributed by atoms with E-state index in [1.807, 2.05) is 0 Å². The molecule has 21 heavy (non-hydrogen) atoms. The van der Waals surface area contributed by atoms with E-state index in [2.05, 4.69) is 30.7 Å². The SMILES string of the molecule is CC(=O)Nc1ccc(S(=O)(=O)NC(C)c2nn[nH]n2)cc1. The molecule has 1 atom stereocenters. The quantitative estimate of drug-likeness (QED) is 0.723. The summed E-state index contributed by atoms with van der Waals surface area (Å²) < 4.78 is 26.8. The highest BCUT2D eigenvalue weighted by molar-refractivity contribution is 7.89. The third kappa shape index (κ3) is 3.83. The summed E-state index contributed by atoms with van der Waals surface area (Å²) in [6, 6.07) is 5.20. The number of amides is 1. The van der Waals surface area contributed by atoms with Gasteiger partial charge in [0.25, 0.3) is 0 Å². The first-order valence-electron chi connectivity index (χ1n) is 6.02. The molecule has 1 aromatic heterocycles. The summed E-state index contributed by atoms with van der Waals surface area (Å²) in [5.74, 6) is 0.0166. The lowest BCUT2D eigenvalue weighted by molar-refractivity contribution is -0.114. The van der Waals surface area contributed by atoms with Crippen molar-refractivity contribution in [1.82, 2.24) is 25.3 Å². The number of benzene rings is 1. The molecular weight excluding hydrogens is 296 g/mol. The topological polar surface area (TPSA) is 130 Å². The average Bonchev–Trinajstić information content (AvgIpc) is 2.92. The van der Waals surface area contributed by atoms with Crippen LogP contribution in [-0.4, -0.2) is 34.9 Å². The number of carbonyl (C=O) groups excluding carboxylic acids is 1. The van der Waals surface area contributed by atoms with Crippen LogP contribution in [0.2, 0.25) is 0 Å². The van der Waals surface area contributed by atoms with E-state index in [0.717, 1.165) is 0 Å². The van der Waals surface area contributed by atoms with Gasteiger partial charge < -0.3 is 5.32 Å². The molecule has 0 aliphatic heterocycles. The Hall–Kier alpha value is -2.33. The molecule has 2 rings (SSSR count). The van der Waals surface area contributed by atoms with Crippen LogP contribution in [0.25, 0.3) is 0 Å². The molecule has 2 aromatic rings. The van der Waals surface area contributed by atoms with Crippen LogP contribution in [0.1, 0.15) is 25.7 Å². The van der Waals surface area contributed by atoms with Gasteiger partial charge in [-0.3, -0.25) is 4.79 Å². The maximum Gasteiger partial charge on any atom is 0.241 e. The lowest BCUT2D eigenvalue weighted by Crippen LogP contribution is -2.27. The van der Waals surface area contributed by atoms with Gasteiger partial charge >= 0.3 is 0 Å². The third-order valence-electron chi connectivity index (χ3n) is 2.57. The smallest absolute Gasteiger partial charge is 0.241 e. The van der Waals surface area contributed by atoms with Crippen LogP contribution in [0.15, 0.2) is 29.2 Å². The Bertz CT molecular complexity index is 711. The van der Waals surface area contributed by atoms with Gasteiger partial charge in [0.15, 0.2) is 5.82 Å². The number of nitrogens with one attached hydrogen (secondary N) is 3. The van der Waals surface area contributed by atoms with Gasteiger partial charge in [0.05, 0.1) is 10.9 Å². The number of carbonyl (C=O) groups is 1. The Morgan fingerprint density at radius 1 is 1.29 bits per heavy atom. The van der Waals surface area contributed by atoms with Crippen molar-refractivity contribution in [3.63, 3.8) is 0 Å². The summed E-state index contributed by atoms with van der Waals surface area (Å²) in [5.41, 5.74) is 0.521. The number of sulfonamides is 1. The summed E-state index contributed by atoms with van der Waals surface area (Å²) >= 11 is 0. The second-order valence-electron chi connectivity index (χ2n) is 4.32. The highest BCUT2D eigenvalue weighted by Gasteiger charge is 2.20. The van der Waals surface area contributed by atoms with Gasteiger partial charge in [0, 0.05) is 12.6 Å². The predicted molar refractivity (Wildman–Crippen MR) is 73.7 cm³/mol. The first kappa shape index (κ1) is 15.1. The maximum absolute atomic E-state index is 12.2. The first-order valence-corrected chi connectivity index (χ1v) is 7.50. The summed E-state index contributed by atoms with van der Waals surface area (Å²) in [7, 11) is -3.72. The van der Waals surface area contributed by atoms with Crippen molar-refractivity contribution < 1.29 is 13.2 Å². The van der Waals surface area contributed by atoms with Gasteiger partial charge in [-0.25, -0.2) is 13.1 Å². The number of hydrogen-bond acceptors (Lipinski definition) is 6.